The fourth-order valence-electron chi connectivity index (χ4n) is 3.38. The standard InChI is InChI=1S/C20H21N3O4/c24-19(13-27-20(25)15-10-11-21-22-15)23-16-8-4-5-9-18(16)26-12-17(23)14-6-2-1-3-7-14/h1-9,15,17,21-22H,10-13H2. The SMILES string of the molecule is O=C(OCC(=O)N1c2ccccc2OCC1c1ccccc1)C1CCNN1. The van der Waals surface area contributed by atoms with Gasteiger partial charge >= 0.3 is 5.97 Å². The van der Waals surface area contributed by atoms with E-state index >= 15 is 0 Å². The average molecular weight is 367 g/mol. The van der Waals surface area contributed by atoms with Gasteiger partial charge in [-0.1, -0.05) is 42.5 Å². The van der Waals surface area contributed by atoms with Gasteiger partial charge in [-0.3, -0.25) is 19.9 Å². The maximum atomic E-state index is 13.0. The maximum Gasteiger partial charge on any atom is 0.325 e. The van der Waals surface area contributed by atoms with Gasteiger partial charge in [0.05, 0.1) is 11.7 Å². The molecule has 7 heteroatoms. The number of hydrogen-bond acceptors (Lipinski definition) is 6. The summed E-state index contributed by atoms with van der Waals surface area (Å²) in [5, 5.41) is 0. The Bertz CT molecular complexity index is 821. The Morgan fingerprint density at radius 1 is 1.11 bits per heavy atom. The minimum Gasteiger partial charge on any atom is -0.489 e. The van der Waals surface area contributed by atoms with Gasteiger partial charge in [-0.2, -0.15) is 0 Å². The van der Waals surface area contributed by atoms with E-state index in [2.05, 4.69) is 10.9 Å². The molecule has 4 rings (SSSR count). The molecule has 2 aliphatic rings. The number of hydrogen-bond donors (Lipinski definition) is 2. The topological polar surface area (TPSA) is 79.9 Å². The van der Waals surface area contributed by atoms with Crippen molar-refractivity contribution in [3.8, 4) is 5.75 Å². The highest BCUT2D eigenvalue weighted by Crippen LogP contribution is 2.39. The summed E-state index contributed by atoms with van der Waals surface area (Å²) in [7, 11) is 0. The number of para-hydroxylation sites is 2. The lowest BCUT2D eigenvalue weighted by Gasteiger charge is -2.37. The predicted octanol–water partition coefficient (Wildman–Crippen LogP) is 1.56. The molecule has 2 N–H and O–H groups in total. The number of esters is 1. The molecule has 2 atom stereocenters. The largest absolute Gasteiger partial charge is 0.489 e. The zero-order valence-electron chi connectivity index (χ0n) is 14.8. The molecule has 0 saturated carbocycles. The molecule has 0 spiro atoms. The molecule has 1 saturated heterocycles. The van der Waals surface area contributed by atoms with E-state index in [0.717, 1.165) is 5.56 Å². The Balaban J connectivity index is 1.55. The zero-order chi connectivity index (χ0) is 18.6. The smallest absolute Gasteiger partial charge is 0.325 e. The van der Waals surface area contributed by atoms with Crippen molar-refractivity contribution < 1.29 is 19.1 Å². The fraction of sp³-hybridized carbons (Fsp3) is 0.300. The Kier molecular flexibility index (Phi) is 5.04. The highest BCUT2D eigenvalue weighted by molar-refractivity contribution is 5.98. The van der Waals surface area contributed by atoms with Gasteiger partial charge in [0.1, 0.15) is 18.4 Å². The monoisotopic (exact) mass is 367 g/mol. The molecule has 1 fully saturated rings. The second-order valence-corrected chi connectivity index (χ2v) is 6.49. The summed E-state index contributed by atoms with van der Waals surface area (Å²) in [6, 6.07) is 16.4. The number of ether oxygens (including phenoxy) is 2. The van der Waals surface area contributed by atoms with E-state index in [1.165, 1.54) is 0 Å². The van der Waals surface area contributed by atoms with Crippen molar-refractivity contribution in [2.45, 2.75) is 18.5 Å². The minimum atomic E-state index is -0.425. The molecule has 0 aromatic heterocycles. The Hall–Kier alpha value is -2.90. The first-order valence-corrected chi connectivity index (χ1v) is 8.98. The summed E-state index contributed by atoms with van der Waals surface area (Å²) in [5.74, 6) is -0.0592. The minimum absolute atomic E-state index is 0.279. The lowest BCUT2D eigenvalue weighted by atomic mass is 10.0. The van der Waals surface area contributed by atoms with Crippen molar-refractivity contribution >= 4 is 17.6 Å². The molecule has 7 nitrogen and oxygen atoms in total. The van der Waals surface area contributed by atoms with Gasteiger partial charge in [-0.25, -0.2) is 5.43 Å². The number of nitrogens with zero attached hydrogens (tertiary/aromatic N) is 1. The van der Waals surface area contributed by atoms with Crippen LogP contribution in [0.3, 0.4) is 0 Å². The first kappa shape index (κ1) is 17.5. The molecule has 2 aromatic carbocycles. The van der Waals surface area contributed by atoms with Gasteiger partial charge in [0.25, 0.3) is 5.91 Å². The van der Waals surface area contributed by atoms with Gasteiger partial charge in [0.2, 0.25) is 0 Å². The van der Waals surface area contributed by atoms with Gasteiger partial charge in [-0.15, -0.1) is 0 Å². The third-order valence-electron chi connectivity index (χ3n) is 4.74. The van der Waals surface area contributed by atoms with Crippen molar-refractivity contribution in [1.29, 1.82) is 0 Å². The number of carbonyl (C=O) groups excluding carboxylic acids is 2. The molecule has 1 amide bonds. The van der Waals surface area contributed by atoms with Crippen LogP contribution in [0.4, 0.5) is 5.69 Å². The number of amides is 1. The van der Waals surface area contributed by atoms with E-state index in [4.69, 9.17) is 9.47 Å². The zero-order valence-corrected chi connectivity index (χ0v) is 14.8. The van der Waals surface area contributed by atoms with Gasteiger partial charge < -0.3 is 9.47 Å². The van der Waals surface area contributed by atoms with Crippen LogP contribution in [0.15, 0.2) is 54.6 Å². The Labute approximate surface area is 157 Å². The molecular weight excluding hydrogens is 346 g/mol. The quantitative estimate of drug-likeness (QED) is 0.799. The molecule has 0 radical (unpaired) electrons. The van der Waals surface area contributed by atoms with Gasteiger partial charge in [-0.05, 0) is 24.1 Å². The summed E-state index contributed by atoms with van der Waals surface area (Å²) in [5.41, 5.74) is 7.37. The van der Waals surface area contributed by atoms with Crippen molar-refractivity contribution in [3.05, 3.63) is 60.2 Å². The summed E-state index contributed by atoms with van der Waals surface area (Å²) in [4.78, 5) is 26.8. The van der Waals surface area contributed by atoms with Crippen LogP contribution < -0.4 is 20.5 Å². The van der Waals surface area contributed by atoms with Crippen molar-refractivity contribution in [2.24, 2.45) is 0 Å². The third kappa shape index (κ3) is 3.65. The molecule has 2 heterocycles. The summed E-state index contributed by atoms with van der Waals surface area (Å²) < 4.78 is 11.1. The Morgan fingerprint density at radius 2 is 1.89 bits per heavy atom. The molecule has 0 bridgehead atoms. The molecule has 0 aliphatic carbocycles. The van der Waals surface area contributed by atoms with Crippen LogP contribution in [0.2, 0.25) is 0 Å². The number of fused-ring (bicyclic) bond motifs is 1. The van der Waals surface area contributed by atoms with Crippen molar-refractivity contribution in [2.75, 3.05) is 24.7 Å². The average Bonchev–Trinajstić information content (AvgIpc) is 3.26. The van der Waals surface area contributed by atoms with Crippen LogP contribution in [0.1, 0.15) is 18.0 Å². The van der Waals surface area contributed by atoms with Gasteiger partial charge in [0.15, 0.2) is 6.61 Å². The molecule has 27 heavy (non-hydrogen) atoms. The number of carbonyl (C=O) groups is 2. The highest BCUT2D eigenvalue weighted by atomic mass is 16.5. The van der Waals surface area contributed by atoms with E-state index < -0.39 is 12.0 Å². The van der Waals surface area contributed by atoms with E-state index in [-0.39, 0.29) is 18.6 Å². The molecule has 140 valence electrons. The van der Waals surface area contributed by atoms with Gasteiger partial charge in [0, 0.05) is 6.54 Å². The van der Waals surface area contributed by atoms with Crippen LogP contribution >= 0.6 is 0 Å². The lowest BCUT2D eigenvalue weighted by molar-refractivity contribution is -0.149. The van der Waals surface area contributed by atoms with Crippen molar-refractivity contribution in [1.82, 2.24) is 10.9 Å². The first-order valence-electron chi connectivity index (χ1n) is 8.98. The number of nitrogens with one attached hydrogen (secondary N) is 2. The highest BCUT2D eigenvalue weighted by Gasteiger charge is 2.34. The molecule has 2 unspecified atom stereocenters. The van der Waals surface area contributed by atoms with Crippen LogP contribution in [-0.4, -0.2) is 37.7 Å². The predicted molar refractivity (Wildman–Crippen MR) is 99.1 cm³/mol. The second kappa shape index (κ2) is 7.77. The maximum absolute atomic E-state index is 13.0. The number of rotatable bonds is 4. The lowest BCUT2D eigenvalue weighted by Crippen LogP contribution is -2.44. The number of anilines is 1. The first-order chi connectivity index (χ1) is 13.2. The molecule has 2 aliphatic heterocycles. The van der Waals surface area contributed by atoms with E-state index in [1.807, 2.05) is 54.6 Å². The summed E-state index contributed by atoms with van der Waals surface area (Å²) in [6.45, 7) is 0.726. The van der Waals surface area contributed by atoms with Crippen LogP contribution in [-0.2, 0) is 14.3 Å². The van der Waals surface area contributed by atoms with E-state index in [9.17, 15) is 9.59 Å². The summed E-state index contributed by atoms with van der Waals surface area (Å²) >= 11 is 0. The van der Waals surface area contributed by atoms with E-state index in [0.29, 0.717) is 31.0 Å². The molecule has 2 aromatic rings. The van der Waals surface area contributed by atoms with Crippen molar-refractivity contribution in [3.63, 3.8) is 0 Å². The van der Waals surface area contributed by atoms with Crippen LogP contribution in [0, 0.1) is 0 Å². The van der Waals surface area contributed by atoms with Crippen LogP contribution in [0.25, 0.3) is 0 Å². The number of hydrazine groups is 1. The molecular formula is C20H21N3O4. The van der Waals surface area contributed by atoms with Crippen LogP contribution in [0.5, 0.6) is 5.75 Å². The Morgan fingerprint density at radius 3 is 2.67 bits per heavy atom. The fourth-order valence-corrected chi connectivity index (χ4v) is 3.38. The summed E-state index contributed by atoms with van der Waals surface area (Å²) in [6.07, 6.45) is 0.639. The van der Waals surface area contributed by atoms with E-state index in [1.54, 1.807) is 4.90 Å². The normalized spacial score (nSPS) is 21.3. The third-order valence-corrected chi connectivity index (χ3v) is 4.74. The number of benzene rings is 2. The second-order valence-electron chi connectivity index (χ2n) is 6.49.